The van der Waals surface area contributed by atoms with Crippen molar-refractivity contribution >= 4 is 37.3 Å². The third-order valence-corrected chi connectivity index (χ3v) is 4.75. The van der Waals surface area contributed by atoms with Crippen LogP contribution in [0.1, 0.15) is 0 Å². The van der Waals surface area contributed by atoms with Crippen LogP contribution in [0.15, 0.2) is 45.8 Å². The molecule has 2 aromatic carbocycles. The Morgan fingerprint density at radius 2 is 1.95 bits per heavy atom. The lowest BCUT2D eigenvalue weighted by atomic mass is 10.3. The van der Waals surface area contributed by atoms with E-state index in [0.29, 0.717) is 15.9 Å². The second-order valence-corrected chi connectivity index (χ2v) is 6.67. The molecule has 0 aliphatic rings. The van der Waals surface area contributed by atoms with Crippen LogP contribution < -0.4 is 15.2 Å². The van der Waals surface area contributed by atoms with Crippen molar-refractivity contribution in [3.8, 4) is 5.75 Å². The highest BCUT2D eigenvalue weighted by Gasteiger charge is 2.17. The highest BCUT2D eigenvalue weighted by molar-refractivity contribution is 9.10. The van der Waals surface area contributed by atoms with Crippen LogP contribution in [0.4, 0.5) is 15.8 Å². The van der Waals surface area contributed by atoms with Gasteiger partial charge in [0.15, 0.2) is 0 Å². The van der Waals surface area contributed by atoms with Crippen LogP contribution in [-0.4, -0.2) is 15.5 Å². The highest BCUT2D eigenvalue weighted by Crippen LogP contribution is 2.27. The predicted octanol–water partition coefficient (Wildman–Crippen LogP) is 2.98. The van der Waals surface area contributed by atoms with Crippen molar-refractivity contribution in [3.63, 3.8) is 0 Å². The van der Waals surface area contributed by atoms with Gasteiger partial charge in [-0.3, -0.25) is 4.72 Å². The van der Waals surface area contributed by atoms with E-state index in [9.17, 15) is 12.8 Å². The van der Waals surface area contributed by atoms with Crippen LogP contribution in [-0.2, 0) is 10.0 Å². The molecule has 0 heterocycles. The van der Waals surface area contributed by atoms with E-state index in [1.54, 1.807) is 0 Å². The van der Waals surface area contributed by atoms with E-state index >= 15 is 0 Å². The van der Waals surface area contributed by atoms with Gasteiger partial charge in [-0.2, -0.15) is 0 Å². The fourth-order valence-electron chi connectivity index (χ4n) is 1.59. The summed E-state index contributed by atoms with van der Waals surface area (Å²) in [5.41, 5.74) is 5.82. The molecule has 112 valence electrons. The molecule has 5 nitrogen and oxygen atoms in total. The van der Waals surface area contributed by atoms with E-state index in [4.69, 9.17) is 10.5 Å². The molecule has 0 aliphatic carbocycles. The smallest absolute Gasteiger partial charge is 0.262 e. The summed E-state index contributed by atoms with van der Waals surface area (Å²) < 4.78 is 45.7. The van der Waals surface area contributed by atoms with Crippen LogP contribution in [0.25, 0.3) is 0 Å². The number of ether oxygens (including phenoxy) is 1. The number of hydrogen-bond acceptors (Lipinski definition) is 4. The summed E-state index contributed by atoms with van der Waals surface area (Å²) in [4.78, 5) is -0.0363. The van der Waals surface area contributed by atoms with E-state index in [1.165, 1.54) is 37.4 Å². The third-order valence-electron chi connectivity index (χ3n) is 2.70. The van der Waals surface area contributed by atoms with Crippen LogP contribution in [0.5, 0.6) is 5.75 Å². The number of nitrogens with two attached hydrogens (primary N) is 1. The molecule has 21 heavy (non-hydrogen) atoms. The first kappa shape index (κ1) is 15.6. The summed E-state index contributed by atoms with van der Waals surface area (Å²) >= 11 is 3.15. The Hall–Kier alpha value is -1.80. The highest BCUT2D eigenvalue weighted by atomic mass is 79.9. The van der Waals surface area contributed by atoms with E-state index < -0.39 is 15.8 Å². The van der Waals surface area contributed by atoms with E-state index in [0.717, 1.165) is 6.07 Å². The average Bonchev–Trinajstić information content (AvgIpc) is 2.44. The zero-order valence-corrected chi connectivity index (χ0v) is 13.3. The van der Waals surface area contributed by atoms with Gasteiger partial charge >= 0.3 is 0 Å². The van der Waals surface area contributed by atoms with E-state index in [2.05, 4.69) is 20.7 Å². The van der Waals surface area contributed by atoms with Crippen LogP contribution in [0.3, 0.4) is 0 Å². The van der Waals surface area contributed by atoms with Crippen molar-refractivity contribution in [1.82, 2.24) is 0 Å². The maximum Gasteiger partial charge on any atom is 0.262 e. The molecule has 0 saturated carbocycles. The summed E-state index contributed by atoms with van der Waals surface area (Å²) in [6.07, 6.45) is 0. The number of hydrogen-bond donors (Lipinski definition) is 2. The molecule has 0 aliphatic heterocycles. The zero-order valence-electron chi connectivity index (χ0n) is 10.9. The summed E-state index contributed by atoms with van der Waals surface area (Å²) in [6, 6.07) is 7.90. The van der Waals surface area contributed by atoms with Gasteiger partial charge in [0, 0.05) is 16.2 Å². The third kappa shape index (κ3) is 3.45. The number of sulfonamides is 1. The fraction of sp³-hybridized carbons (Fsp3) is 0.0769. The number of rotatable bonds is 4. The van der Waals surface area contributed by atoms with E-state index in [1.807, 2.05) is 0 Å². The van der Waals surface area contributed by atoms with Gasteiger partial charge in [0.2, 0.25) is 0 Å². The molecule has 0 amide bonds. The monoisotopic (exact) mass is 374 g/mol. The van der Waals surface area contributed by atoms with Crippen molar-refractivity contribution in [2.24, 2.45) is 0 Å². The van der Waals surface area contributed by atoms with Crippen LogP contribution >= 0.6 is 15.9 Å². The molecule has 0 bridgehead atoms. The minimum Gasteiger partial charge on any atom is -0.497 e. The minimum absolute atomic E-state index is 0.0363. The van der Waals surface area contributed by atoms with Crippen molar-refractivity contribution in [3.05, 3.63) is 46.7 Å². The summed E-state index contributed by atoms with van der Waals surface area (Å²) in [5.74, 6) is -0.360. The molecule has 0 fully saturated rings. The summed E-state index contributed by atoms with van der Waals surface area (Å²) in [6.45, 7) is 0. The standard InChI is InChI=1S/C13H12BrFN2O3S/c1-20-8-2-4-11(15)13(6-8)17-21(18,19)9-3-5-12(16)10(14)7-9/h2-7,17H,16H2,1H3. The molecule has 0 atom stereocenters. The maximum absolute atomic E-state index is 13.7. The molecular formula is C13H12BrFN2O3S. The molecule has 3 N–H and O–H groups in total. The zero-order chi connectivity index (χ0) is 15.6. The molecule has 2 aromatic rings. The first-order valence-electron chi connectivity index (χ1n) is 5.75. The largest absolute Gasteiger partial charge is 0.497 e. The molecule has 0 saturated heterocycles. The first-order chi connectivity index (χ1) is 9.83. The Morgan fingerprint density at radius 1 is 1.24 bits per heavy atom. The van der Waals surface area contributed by atoms with Gasteiger partial charge in [0.05, 0.1) is 17.7 Å². The predicted molar refractivity (Wildman–Crippen MR) is 82.3 cm³/mol. The average molecular weight is 375 g/mol. The van der Waals surface area contributed by atoms with Crippen molar-refractivity contribution < 1.29 is 17.5 Å². The lowest BCUT2D eigenvalue weighted by molar-refractivity contribution is 0.414. The fourth-order valence-corrected chi connectivity index (χ4v) is 3.20. The molecule has 0 aromatic heterocycles. The SMILES string of the molecule is COc1ccc(F)c(NS(=O)(=O)c2ccc(N)c(Br)c2)c1. The number of methoxy groups -OCH3 is 1. The Bertz CT molecular complexity index is 781. The number of nitrogen functional groups attached to an aromatic ring is 1. The Morgan fingerprint density at radius 3 is 2.57 bits per heavy atom. The van der Waals surface area contributed by atoms with Gasteiger partial charge in [-0.25, -0.2) is 12.8 Å². The number of nitrogens with one attached hydrogen (secondary N) is 1. The Kier molecular flexibility index (Phi) is 4.38. The topological polar surface area (TPSA) is 81.4 Å². The Balaban J connectivity index is 2.39. The van der Waals surface area contributed by atoms with Crippen molar-refractivity contribution in [2.45, 2.75) is 4.90 Å². The van der Waals surface area contributed by atoms with Gasteiger partial charge in [-0.05, 0) is 46.3 Å². The number of benzene rings is 2. The first-order valence-corrected chi connectivity index (χ1v) is 8.02. The number of anilines is 2. The number of halogens is 2. The van der Waals surface area contributed by atoms with Crippen LogP contribution in [0, 0.1) is 5.82 Å². The lowest BCUT2D eigenvalue weighted by Gasteiger charge is -2.11. The van der Waals surface area contributed by atoms with Crippen LogP contribution in [0.2, 0.25) is 0 Å². The second kappa shape index (κ2) is 5.90. The van der Waals surface area contributed by atoms with Crippen molar-refractivity contribution in [1.29, 1.82) is 0 Å². The maximum atomic E-state index is 13.7. The van der Waals surface area contributed by atoms with E-state index in [-0.39, 0.29) is 10.6 Å². The molecule has 0 radical (unpaired) electrons. The lowest BCUT2D eigenvalue weighted by Crippen LogP contribution is -2.14. The van der Waals surface area contributed by atoms with Gasteiger partial charge in [-0.15, -0.1) is 0 Å². The normalized spacial score (nSPS) is 11.2. The minimum atomic E-state index is -3.93. The molecule has 8 heteroatoms. The van der Waals surface area contributed by atoms with Gasteiger partial charge in [-0.1, -0.05) is 0 Å². The quantitative estimate of drug-likeness (QED) is 0.806. The van der Waals surface area contributed by atoms with Gasteiger partial charge in [0.25, 0.3) is 10.0 Å². The molecule has 2 rings (SSSR count). The van der Waals surface area contributed by atoms with Gasteiger partial charge < -0.3 is 10.5 Å². The van der Waals surface area contributed by atoms with Crippen molar-refractivity contribution in [2.75, 3.05) is 17.6 Å². The second-order valence-electron chi connectivity index (χ2n) is 4.13. The van der Waals surface area contributed by atoms with Gasteiger partial charge in [0.1, 0.15) is 11.6 Å². The summed E-state index contributed by atoms with van der Waals surface area (Å²) in [5, 5.41) is 0. The molecular weight excluding hydrogens is 363 g/mol. The molecule has 0 spiro atoms. The summed E-state index contributed by atoms with van der Waals surface area (Å²) in [7, 11) is -2.53. The Labute approximate surface area is 130 Å². The molecule has 0 unspecified atom stereocenters.